The number of benzene rings is 2. The fourth-order valence-electron chi connectivity index (χ4n) is 6.79. The molecule has 32 heavy (non-hydrogen) atoms. The summed E-state index contributed by atoms with van der Waals surface area (Å²) in [6, 6.07) is 14.1. The molecule has 0 radical (unpaired) electrons. The Labute approximate surface area is 189 Å². The third kappa shape index (κ3) is 3.87. The van der Waals surface area contributed by atoms with E-state index in [0.717, 1.165) is 46.2 Å². The molecule has 6 heteroatoms. The van der Waals surface area contributed by atoms with Crippen molar-refractivity contribution in [3.63, 3.8) is 0 Å². The summed E-state index contributed by atoms with van der Waals surface area (Å²) in [6.45, 7) is 0.959. The van der Waals surface area contributed by atoms with Gasteiger partial charge in [-0.1, -0.05) is 18.2 Å². The van der Waals surface area contributed by atoms with Gasteiger partial charge in [-0.2, -0.15) is 0 Å². The summed E-state index contributed by atoms with van der Waals surface area (Å²) in [4.78, 5) is 12.5. The number of amides is 1. The molecule has 1 amide bonds. The van der Waals surface area contributed by atoms with Crippen LogP contribution in [0, 0.1) is 17.8 Å². The van der Waals surface area contributed by atoms with Gasteiger partial charge in [0.25, 0.3) is 0 Å². The molecule has 4 aliphatic carbocycles. The first-order valence-corrected chi connectivity index (χ1v) is 11.9. The van der Waals surface area contributed by atoms with E-state index in [0.29, 0.717) is 6.54 Å². The van der Waals surface area contributed by atoms with Crippen molar-refractivity contribution < 1.29 is 14.3 Å². The SMILES string of the molecule is O=C(CNc1ccccc1NC12CC3CC(CC(C3)C1)C2)NCc1ccc2c(c1)OCO2. The smallest absolute Gasteiger partial charge is 0.239 e. The Hall–Kier alpha value is -2.89. The number of fused-ring (bicyclic) bond motifs is 1. The second-order valence-electron chi connectivity index (χ2n) is 10.2. The zero-order valence-corrected chi connectivity index (χ0v) is 18.4. The van der Waals surface area contributed by atoms with E-state index >= 15 is 0 Å². The van der Waals surface area contributed by atoms with Crippen LogP contribution < -0.4 is 25.4 Å². The zero-order valence-electron chi connectivity index (χ0n) is 18.4. The van der Waals surface area contributed by atoms with Crippen molar-refractivity contribution in [3.8, 4) is 11.5 Å². The van der Waals surface area contributed by atoms with Crippen molar-refractivity contribution in [3.05, 3.63) is 48.0 Å². The molecule has 6 nitrogen and oxygen atoms in total. The van der Waals surface area contributed by atoms with Gasteiger partial charge in [0.1, 0.15) is 0 Å². The lowest BCUT2D eigenvalue weighted by atomic mass is 9.53. The lowest BCUT2D eigenvalue weighted by molar-refractivity contribution is -0.119. The van der Waals surface area contributed by atoms with Crippen molar-refractivity contribution in [2.75, 3.05) is 24.0 Å². The highest BCUT2D eigenvalue weighted by Crippen LogP contribution is 2.56. The highest BCUT2D eigenvalue weighted by Gasteiger charge is 2.51. The summed E-state index contributed by atoms with van der Waals surface area (Å²) in [5.41, 5.74) is 3.36. The molecule has 4 fully saturated rings. The van der Waals surface area contributed by atoms with Crippen molar-refractivity contribution in [2.45, 2.75) is 50.6 Å². The predicted molar refractivity (Wildman–Crippen MR) is 124 cm³/mol. The molecule has 0 spiro atoms. The maximum absolute atomic E-state index is 12.5. The highest BCUT2D eigenvalue weighted by molar-refractivity contribution is 5.82. The minimum Gasteiger partial charge on any atom is -0.454 e. The molecule has 4 saturated carbocycles. The number of hydrogen-bond acceptors (Lipinski definition) is 5. The van der Waals surface area contributed by atoms with Gasteiger partial charge in [-0.15, -0.1) is 0 Å². The quantitative estimate of drug-likeness (QED) is 0.599. The monoisotopic (exact) mass is 433 g/mol. The first-order valence-electron chi connectivity index (χ1n) is 11.9. The van der Waals surface area contributed by atoms with E-state index in [1.807, 2.05) is 24.3 Å². The molecule has 2 aromatic carbocycles. The van der Waals surface area contributed by atoms with Crippen LogP contribution in [0.3, 0.4) is 0 Å². The number of hydrogen-bond donors (Lipinski definition) is 3. The molecule has 1 heterocycles. The summed E-state index contributed by atoms with van der Waals surface area (Å²) in [5, 5.41) is 10.3. The summed E-state index contributed by atoms with van der Waals surface area (Å²) in [5.74, 6) is 4.15. The molecule has 0 saturated heterocycles. The molecule has 7 rings (SSSR count). The molecule has 168 valence electrons. The Morgan fingerprint density at radius 3 is 2.34 bits per heavy atom. The van der Waals surface area contributed by atoms with E-state index in [-0.39, 0.29) is 24.8 Å². The van der Waals surface area contributed by atoms with Crippen molar-refractivity contribution in [1.29, 1.82) is 0 Å². The Balaban J connectivity index is 1.06. The topological polar surface area (TPSA) is 71.6 Å². The van der Waals surface area contributed by atoms with Crippen molar-refractivity contribution in [2.24, 2.45) is 17.8 Å². The fraction of sp³-hybridized carbons (Fsp3) is 0.500. The molecule has 3 N–H and O–H groups in total. The van der Waals surface area contributed by atoms with E-state index < -0.39 is 0 Å². The standard InChI is InChI=1S/C26H31N3O3/c30-25(28-14-17-5-6-23-24(10-17)32-16-31-23)15-27-21-3-1-2-4-22(21)29-26-11-18-7-19(12-26)9-20(8-18)13-26/h1-6,10,18-20,27,29H,7-9,11-16H2,(H,28,30). The van der Waals surface area contributed by atoms with Gasteiger partial charge in [0.05, 0.1) is 17.9 Å². The molecular weight excluding hydrogens is 402 g/mol. The van der Waals surface area contributed by atoms with Crippen LogP contribution >= 0.6 is 0 Å². The second kappa shape index (κ2) is 7.91. The first-order chi connectivity index (χ1) is 15.6. The molecule has 4 bridgehead atoms. The summed E-state index contributed by atoms with van der Waals surface area (Å²) < 4.78 is 10.7. The third-order valence-electron chi connectivity index (χ3n) is 7.73. The Morgan fingerprint density at radius 2 is 1.59 bits per heavy atom. The van der Waals surface area contributed by atoms with Gasteiger partial charge in [-0.05, 0) is 86.1 Å². The molecule has 5 aliphatic rings. The van der Waals surface area contributed by atoms with Gasteiger partial charge in [0.2, 0.25) is 12.7 Å². The molecule has 1 aliphatic heterocycles. The average molecular weight is 434 g/mol. The minimum atomic E-state index is -0.0349. The number of rotatable bonds is 7. The van der Waals surface area contributed by atoms with E-state index in [4.69, 9.17) is 9.47 Å². The van der Waals surface area contributed by atoms with Gasteiger partial charge < -0.3 is 25.4 Å². The van der Waals surface area contributed by atoms with Gasteiger partial charge >= 0.3 is 0 Å². The van der Waals surface area contributed by atoms with E-state index in [1.54, 1.807) is 0 Å². The predicted octanol–water partition coefficient (Wildman–Crippen LogP) is 4.52. The maximum Gasteiger partial charge on any atom is 0.239 e. The summed E-state index contributed by atoms with van der Waals surface area (Å²) in [6.07, 6.45) is 8.19. The molecule has 0 aromatic heterocycles. The molecule has 2 aromatic rings. The molecule has 0 atom stereocenters. The number of carbonyl (C=O) groups excluding carboxylic acids is 1. The largest absolute Gasteiger partial charge is 0.454 e. The maximum atomic E-state index is 12.5. The highest BCUT2D eigenvalue weighted by atomic mass is 16.7. The van der Waals surface area contributed by atoms with E-state index in [2.05, 4.69) is 34.1 Å². The van der Waals surface area contributed by atoms with Crippen molar-refractivity contribution >= 4 is 17.3 Å². The Bertz CT molecular complexity index is 986. The lowest BCUT2D eigenvalue weighted by Crippen LogP contribution is -2.54. The van der Waals surface area contributed by atoms with Crippen LogP contribution in [0.2, 0.25) is 0 Å². The fourth-order valence-corrected chi connectivity index (χ4v) is 6.79. The van der Waals surface area contributed by atoms with E-state index in [9.17, 15) is 4.79 Å². The van der Waals surface area contributed by atoms with Crippen LogP contribution in [-0.4, -0.2) is 24.8 Å². The van der Waals surface area contributed by atoms with Crippen LogP contribution in [0.1, 0.15) is 44.1 Å². The van der Waals surface area contributed by atoms with Gasteiger partial charge in [-0.25, -0.2) is 0 Å². The Kier molecular flexibility index (Phi) is 4.89. The Morgan fingerprint density at radius 1 is 0.906 bits per heavy atom. The van der Waals surface area contributed by atoms with Gasteiger partial charge in [0, 0.05) is 12.1 Å². The molecular formula is C26H31N3O3. The van der Waals surface area contributed by atoms with Crippen molar-refractivity contribution in [1.82, 2.24) is 5.32 Å². The van der Waals surface area contributed by atoms with Crippen LogP contribution in [0.15, 0.2) is 42.5 Å². The first kappa shape index (κ1) is 19.8. The normalized spacial score (nSPS) is 29.1. The van der Waals surface area contributed by atoms with Crippen LogP contribution in [-0.2, 0) is 11.3 Å². The van der Waals surface area contributed by atoms with Crippen LogP contribution in [0.4, 0.5) is 11.4 Å². The zero-order chi connectivity index (χ0) is 21.5. The summed E-state index contributed by atoms with van der Waals surface area (Å²) in [7, 11) is 0. The average Bonchev–Trinajstić information content (AvgIpc) is 3.24. The number of anilines is 2. The molecule has 0 unspecified atom stereocenters. The number of carbonyl (C=O) groups is 1. The number of ether oxygens (including phenoxy) is 2. The van der Waals surface area contributed by atoms with Gasteiger partial charge in [-0.3, -0.25) is 4.79 Å². The minimum absolute atomic E-state index is 0.0349. The van der Waals surface area contributed by atoms with Crippen LogP contribution in [0.25, 0.3) is 0 Å². The summed E-state index contributed by atoms with van der Waals surface area (Å²) >= 11 is 0. The lowest BCUT2D eigenvalue weighted by Gasteiger charge is -2.57. The second-order valence-corrected chi connectivity index (χ2v) is 10.2. The van der Waals surface area contributed by atoms with Crippen LogP contribution in [0.5, 0.6) is 11.5 Å². The third-order valence-corrected chi connectivity index (χ3v) is 7.73. The van der Waals surface area contributed by atoms with Gasteiger partial charge in [0.15, 0.2) is 11.5 Å². The number of para-hydroxylation sites is 2. The number of nitrogens with one attached hydrogen (secondary N) is 3. The van der Waals surface area contributed by atoms with E-state index in [1.165, 1.54) is 38.5 Å².